The summed E-state index contributed by atoms with van der Waals surface area (Å²) in [5.74, 6) is 2.30. The van der Waals surface area contributed by atoms with E-state index < -0.39 is 0 Å². The summed E-state index contributed by atoms with van der Waals surface area (Å²) < 4.78 is 19.3. The molecule has 1 aromatic rings. The molecule has 214 valence electrons. The van der Waals surface area contributed by atoms with E-state index >= 15 is 0 Å². The van der Waals surface area contributed by atoms with E-state index in [1.165, 1.54) is 44.6 Å². The van der Waals surface area contributed by atoms with Gasteiger partial charge in [-0.25, -0.2) is 4.39 Å². The number of allylic oxidation sites excluding steroid dienone is 2. The number of hydrogen-bond acceptors (Lipinski definition) is 3. The third-order valence-electron chi connectivity index (χ3n) is 7.24. The smallest absolute Gasteiger partial charge is 0.314 e. The van der Waals surface area contributed by atoms with Crippen molar-refractivity contribution in [3.05, 3.63) is 35.7 Å². The molecule has 3 rings (SSSR count). The Hall–Kier alpha value is -1.54. The van der Waals surface area contributed by atoms with Crippen molar-refractivity contribution in [1.29, 1.82) is 0 Å². The van der Waals surface area contributed by atoms with Crippen molar-refractivity contribution in [2.45, 2.75) is 120 Å². The summed E-state index contributed by atoms with van der Waals surface area (Å²) in [6.45, 7) is 18.4. The average molecular weight is 539 g/mol. The van der Waals surface area contributed by atoms with Crippen molar-refractivity contribution in [2.75, 3.05) is 0 Å². The molecule has 1 aromatic carbocycles. The zero-order valence-electron chi connectivity index (χ0n) is 25.1. The van der Waals surface area contributed by atoms with Gasteiger partial charge in [0.2, 0.25) is 0 Å². The molecule has 1 atom stereocenters. The number of carbonyl (C=O) groups is 2. The van der Waals surface area contributed by atoms with Gasteiger partial charge >= 0.3 is 5.97 Å². The Morgan fingerprint density at radius 2 is 1.38 bits per heavy atom. The molecule has 0 N–H and O–H groups in total. The summed E-state index contributed by atoms with van der Waals surface area (Å²) in [7, 11) is 2.49. The molecule has 0 amide bonds. The Balaban J connectivity index is 0. The molecule has 2 aliphatic carbocycles. The molecule has 0 bridgehead atoms. The van der Waals surface area contributed by atoms with Gasteiger partial charge < -0.3 is 9.53 Å². The summed E-state index contributed by atoms with van der Waals surface area (Å²) in [6, 6.07) is 3.03. The van der Waals surface area contributed by atoms with Crippen molar-refractivity contribution in [1.82, 2.24) is 0 Å². The topological polar surface area (TPSA) is 43.4 Å². The van der Waals surface area contributed by atoms with Gasteiger partial charge in [-0.15, -0.1) is 9.24 Å². The van der Waals surface area contributed by atoms with Crippen LogP contribution in [0.15, 0.2) is 24.3 Å². The van der Waals surface area contributed by atoms with Crippen LogP contribution in [-0.2, 0) is 9.59 Å². The lowest BCUT2D eigenvalue weighted by Crippen LogP contribution is -2.30. The van der Waals surface area contributed by atoms with Gasteiger partial charge in [0, 0.05) is 6.07 Å². The van der Waals surface area contributed by atoms with Crippen LogP contribution in [0.1, 0.15) is 118 Å². The number of benzene rings is 1. The highest BCUT2D eigenvalue weighted by atomic mass is 31.0. The maximum Gasteiger partial charge on any atom is 0.314 e. The van der Waals surface area contributed by atoms with Crippen molar-refractivity contribution in [3.8, 4) is 5.75 Å². The molecule has 0 radical (unpaired) electrons. The van der Waals surface area contributed by atoms with E-state index in [4.69, 9.17) is 9.53 Å². The molecule has 0 aliphatic heterocycles. The van der Waals surface area contributed by atoms with Gasteiger partial charge in [0.15, 0.2) is 0 Å². The molecule has 3 nitrogen and oxygen atoms in total. The number of carbonyl (C=O) groups excluding carboxylic acids is 2. The number of rotatable bonds is 4. The van der Waals surface area contributed by atoms with E-state index in [9.17, 15) is 9.18 Å². The molecule has 37 heavy (non-hydrogen) atoms. The van der Waals surface area contributed by atoms with Crippen LogP contribution >= 0.6 is 9.24 Å². The summed E-state index contributed by atoms with van der Waals surface area (Å²) in [5, 5.41) is 0.734. The lowest BCUT2D eigenvalue weighted by molar-refractivity contribution is -0.140. The average Bonchev–Trinajstić information content (AvgIpc) is 2.94. The Kier molecular flexibility index (Phi) is 24.0. The number of hydrogen-bond donors (Lipinski definition) is 0. The number of ether oxygens (including phenoxy) is 1. The van der Waals surface area contributed by atoms with Gasteiger partial charge in [-0.3, -0.25) is 4.79 Å². The minimum atomic E-state index is -0.328. The Bertz CT molecular complexity index is 705. The highest BCUT2D eigenvalue weighted by molar-refractivity contribution is 7.27. The van der Waals surface area contributed by atoms with Crippen molar-refractivity contribution >= 4 is 27.3 Å². The van der Waals surface area contributed by atoms with E-state index in [0.29, 0.717) is 11.3 Å². The van der Waals surface area contributed by atoms with Gasteiger partial charge in [-0.2, -0.15) is 0 Å². The van der Waals surface area contributed by atoms with Crippen LogP contribution in [0.2, 0.25) is 0 Å². The first-order chi connectivity index (χ1) is 17.8. The first-order valence-electron chi connectivity index (χ1n) is 14.4. The third kappa shape index (κ3) is 15.5. The lowest BCUT2D eigenvalue weighted by Gasteiger charge is -2.36. The Morgan fingerprint density at radius 1 is 0.946 bits per heavy atom. The van der Waals surface area contributed by atoms with Crippen LogP contribution < -0.4 is 10.0 Å². The zero-order valence-corrected chi connectivity index (χ0v) is 26.2. The fourth-order valence-corrected chi connectivity index (χ4v) is 4.82. The molecule has 1 unspecified atom stereocenters. The van der Waals surface area contributed by atoms with Crippen molar-refractivity contribution in [3.63, 3.8) is 0 Å². The molecule has 0 heterocycles. The van der Waals surface area contributed by atoms with Crippen LogP contribution in [0.4, 0.5) is 4.39 Å². The first-order valence-corrected chi connectivity index (χ1v) is 15.0. The Morgan fingerprint density at radius 3 is 1.76 bits per heavy atom. The van der Waals surface area contributed by atoms with E-state index in [2.05, 4.69) is 30.0 Å². The second kappa shape index (κ2) is 23.6. The Labute approximate surface area is 230 Å². The third-order valence-corrected chi connectivity index (χ3v) is 7.84. The molecule has 2 fully saturated rings. The number of halogens is 1. The summed E-state index contributed by atoms with van der Waals surface area (Å²) in [4.78, 5) is 20.4. The minimum absolute atomic E-state index is 0.0314. The molecule has 5 heteroatoms. The predicted molar refractivity (Wildman–Crippen MR) is 162 cm³/mol. The molecule has 2 saturated carbocycles. The second-order valence-electron chi connectivity index (χ2n) is 9.84. The summed E-state index contributed by atoms with van der Waals surface area (Å²) in [6.07, 6.45) is 16.2. The fraction of sp³-hybridized carbons (Fsp3) is 0.688. The fourth-order valence-electron chi connectivity index (χ4n) is 4.52. The minimum Gasteiger partial charge on any atom is -0.426 e. The van der Waals surface area contributed by atoms with E-state index in [-0.39, 0.29) is 17.7 Å². The summed E-state index contributed by atoms with van der Waals surface area (Å²) >= 11 is 0. The van der Waals surface area contributed by atoms with E-state index in [1.54, 1.807) is 13.0 Å². The first kappa shape index (κ1) is 37.6. The predicted octanol–water partition coefficient (Wildman–Crippen LogP) is 9.40. The molecule has 2 aliphatic rings. The standard InChI is InChI=1S/C21H30FO2P.C4H10.C4H8.C2H6.CH2O/c1-13-3-5-15(6-4-13)16-7-9-17(10-8-16)21(23)24-18-11-19(22)14(2)20(25)12-18;2*1-3-4-2;2*1-2/h11-13,15-17H,3-10,25H2,1-2H3;3-4H2,1-2H3;3-4H,1-2H3;1-2H3;1H2/b;;4-3-;;. The monoisotopic (exact) mass is 538 g/mol. The molecular weight excluding hydrogens is 482 g/mol. The van der Waals surface area contributed by atoms with Crippen molar-refractivity contribution < 1.29 is 18.7 Å². The van der Waals surface area contributed by atoms with Crippen LogP contribution in [0.5, 0.6) is 5.75 Å². The molecule has 0 aromatic heterocycles. The maximum atomic E-state index is 13.8. The van der Waals surface area contributed by atoms with Crippen LogP contribution in [0.25, 0.3) is 0 Å². The largest absolute Gasteiger partial charge is 0.426 e. The molecule has 0 spiro atoms. The number of esters is 1. The highest BCUT2D eigenvalue weighted by Crippen LogP contribution is 2.41. The van der Waals surface area contributed by atoms with E-state index in [0.717, 1.165) is 48.7 Å². The summed E-state index contributed by atoms with van der Waals surface area (Å²) in [5.41, 5.74) is 0.576. The van der Waals surface area contributed by atoms with Gasteiger partial charge in [-0.1, -0.05) is 72.5 Å². The maximum absolute atomic E-state index is 13.8. The van der Waals surface area contributed by atoms with Crippen LogP contribution in [-0.4, -0.2) is 12.8 Å². The SMILES string of the molecule is C/C=C\C.C=O.CC.CCCC.Cc1c(F)cc(OC(=O)C2CCC(C3CCC(C)CC3)CC2)cc1P. The molecule has 0 saturated heterocycles. The van der Waals surface area contributed by atoms with Crippen molar-refractivity contribution in [2.24, 2.45) is 23.7 Å². The van der Waals surface area contributed by atoms with Gasteiger partial charge in [-0.05, 0) is 94.0 Å². The number of unbranched alkanes of at least 4 members (excludes halogenated alkanes) is 1. The van der Waals surface area contributed by atoms with Crippen LogP contribution in [0, 0.1) is 36.4 Å². The van der Waals surface area contributed by atoms with Gasteiger partial charge in [0.1, 0.15) is 18.4 Å². The second-order valence-corrected chi connectivity index (χ2v) is 10.5. The molecular formula is C32H56FO3P. The van der Waals surface area contributed by atoms with E-state index in [1.807, 2.05) is 46.6 Å². The zero-order chi connectivity index (χ0) is 28.8. The normalized spacial score (nSPS) is 22.4. The van der Waals surface area contributed by atoms with Crippen LogP contribution in [0.3, 0.4) is 0 Å². The lowest BCUT2D eigenvalue weighted by atomic mass is 9.69. The van der Waals surface area contributed by atoms with Gasteiger partial charge in [0.25, 0.3) is 0 Å². The highest BCUT2D eigenvalue weighted by Gasteiger charge is 2.33. The van der Waals surface area contributed by atoms with Gasteiger partial charge in [0.05, 0.1) is 5.92 Å². The quantitative estimate of drug-likeness (QED) is 0.166.